The number of carbonyl (C=O) groups excluding carboxylic acids is 2. The van der Waals surface area contributed by atoms with Gasteiger partial charge >= 0.3 is 11.9 Å². The van der Waals surface area contributed by atoms with Gasteiger partial charge in [-0.15, -0.1) is 0 Å². The summed E-state index contributed by atoms with van der Waals surface area (Å²) < 4.78 is 27.7. The zero-order valence-electron chi connectivity index (χ0n) is 20.2. The molecule has 0 bridgehead atoms. The van der Waals surface area contributed by atoms with Gasteiger partial charge in [0.25, 0.3) is 0 Å². The molecule has 1 aliphatic heterocycles. The smallest absolute Gasteiger partial charge is 0.345 e. The molecule has 37 heavy (non-hydrogen) atoms. The Kier molecular flexibility index (Phi) is 6.28. The van der Waals surface area contributed by atoms with Gasteiger partial charge in [0.1, 0.15) is 22.6 Å². The number of methoxy groups -OCH3 is 1. The summed E-state index contributed by atoms with van der Waals surface area (Å²) in [4.78, 5) is 24.2. The van der Waals surface area contributed by atoms with E-state index in [0.29, 0.717) is 49.9 Å². The molecule has 0 saturated heterocycles. The van der Waals surface area contributed by atoms with Crippen LogP contribution in [0, 0.1) is 11.8 Å². The number of benzene rings is 3. The summed E-state index contributed by atoms with van der Waals surface area (Å²) in [5.41, 5.74) is 2.69. The fourth-order valence-corrected chi connectivity index (χ4v) is 4.08. The third-order valence-electron chi connectivity index (χ3n) is 5.54. The third kappa shape index (κ3) is 5.11. The van der Waals surface area contributed by atoms with Gasteiger partial charge in [-0.25, -0.2) is 9.59 Å². The molecule has 0 fully saturated rings. The van der Waals surface area contributed by atoms with Crippen LogP contribution in [-0.4, -0.2) is 31.4 Å². The van der Waals surface area contributed by atoms with Crippen LogP contribution >= 0.6 is 11.6 Å². The molecule has 0 aliphatic carbocycles. The molecule has 4 aromatic rings. The second kappa shape index (κ2) is 9.57. The number of rotatable bonds is 4. The summed E-state index contributed by atoms with van der Waals surface area (Å²) in [6, 6.07) is 17.6. The number of esters is 2. The predicted octanol–water partition coefficient (Wildman–Crippen LogP) is 5.99. The Bertz CT molecular complexity index is 1600. The topological polar surface area (TPSA) is 84.2 Å². The van der Waals surface area contributed by atoms with Crippen LogP contribution < -0.4 is 9.47 Å². The molecule has 0 N–H and O–H groups in total. The number of carbonyl (C=O) groups is 2. The molecule has 0 saturated carbocycles. The summed E-state index contributed by atoms with van der Waals surface area (Å²) in [6.07, 6.45) is 0. The highest BCUT2D eigenvalue weighted by Gasteiger charge is 2.35. The van der Waals surface area contributed by atoms with Crippen molar-refractivity contribution in [3.05, 3.63) is 82.4 Å². The van der Waals surface area contributed by atoms with Crippen LogP contribution in [0.25, 0.3) is 22.3 Å². The van der Waals surface area contributed by atoms with Crippen LogP contribution in [0.3, 0.4) is 0 Å². The van der Waals surface area contributed by atoms with Gasteiger partial charge in [0.15, 0.2) is 12.4 Å². The molecule has 3 aromatic carbocycles. The summed E-state index contributed by atoms with van der Waals surface area (Å²) in [6.45, 7) is 3.09. The van der Waals surface area contributed by atoms with Crippen LogP contribution in [0.2, 0.25) is 5.02 Å². The minimum absolute atomic E-state index is 0.233. The van der Waals surface area contributed by atoms with Gasteiger partial charge in [-0.2, -0.15) is 0 Å². The largest absolute Gasteiger partial charge is 0.482 e. The average Bonchev–Trinajstić information content (AvgIpc) is 3.22. The van der Waals surface area contributed by atoms with Gasteiger partial charge in [-0.05, 0) is 36.4 Å². The van der Waals surface area contributed by atoms with Crippen molar-refractivity contribution < 1.29 is 33.0 Å². The minimum Gasteiger partial charge on any atom is -0.482 e. The number of fused-ring (bicyclic) bond motifs is 2. The summed E-state index contributed by atoms with van der Waals surface area (Å²) in [5, 5.41) is 1.18. The van der Waals surface area contributed by atoms with Crippen molar-refractivity contribution in [2.24, 2.45) is 0 Å². The minimum atomic E-state index is -1.10. The first-order chi connectivity index (χ1) is 17.7. The molecule has 8 heteroatoms. The van der Waals surface area contributed by atoms with E-state index in [1.165, 1.54) is 7.11 Å². The molecule has 1 aliphatic rings. The molecule has 0 radical (unpaired) electrons. The second-order valence-electron chi connectivity index (χ2n) is 8.70. The maximum Gasteiger partial charge on any atom is 0.345 e. The van der Waals surface area contributed by atoms with Crippen LogP contribution in [0.4, 0.5) is 0 Å². The molecule has 5 rings (SSSR count). The lowest BCUT2D eigenvalue weighted by Crippen LogP contribution is -2.38. The van der Waals surface area contributed by atoms with Crippen LogP contribution in [0.5, 0.6) is 11.5 Å². The third-order valence-corrected chi connectivity index (χ3v) is 5.78. The summed E-state index contributed by atoms with van der Waals surface area (Å²) >= 11 is 6.13. The maximum atomic E-state index is 12.7. The Morgan fingerprint density at radius 2 is 1.84 bits per heavy atom. The van der Waals surface area contributed by atoms with E-state index in [0.717, 1.165) is 0 Å². The first-order valence-corrected chi connectivity index (χ1v) is 11.7. The Morgan fingerprint density at radius 3 is 2.62 bits per heavy atom. The fourth-order valence-electron chi connectivity index (χ4n) is 3.89. The highest BCUT2D eigenvalue weighted by atomic mass is 35.5. The van der Waals surface area contributed by atoms with E-state index in [4.69, 9.17) is 30.2 Å². The Hall–Kier alpha value is -4.41. The first-order valence-electron chi connectivity index (χ1n) is 11.3. The molecule has 0 amide bonds. The summed E-state index contributed by atoms with van der Waals surface area (Å²) in [7, 11) is 1.29. The Labute approximate surface area is 217 Å². The van der Waals surface area contributed by atoms with Gasteiger partial charge in [0, 0.05) is 41.4 Å². The lowest BCUT2D eigenvalue weighted by atomic mass is 10.0. The van der Waals surface area contributed by atoms with Crippen molar-refractivity contribution >= 4 is 34.5 Å². The van der Waals surface area contributed by atoms with Gasteiger partial charge in [-0.3, -0.25) is 0 Å². The highest BCUT2D eigenvalue weighted by molar-refractivity contribution is 6.30. The van der Waals surface area contributed by atoms with E-state index in [9.17, 15) is 9.59 Å². The van der Waals surface area contributed by atoms with Crippen molar-refractivity contribution in [2.75, 3.05) is 13.7 Å². The van der Waals surface area contributed by atoms with Gasteiger partial charge < -0.3 is 23.4 Å². The van der Waals surface area contributed by atoms with E-state index in [2.05, 4.69) is 16.6 Å². The van der Waals surface area contributed by atoms with E-state index in [1.54, 1.807) is 56.3 Å². The monoisotopic (exact) mass is 516 g/mol. The zero-order chi connectivity index (χ0) is 26.2. The lowest BCUT2D eigenvalue weighted by Gasteiger charge is -2.31. The van der Waals surface area contributed by atoms with Crippen LogP contribution in [-0.2, 0) is 14.3 Å². The Morgan fingerprint density at radius 1 is 1.03 bits per heavy atom. The summed E-state index contributed by atoms with van der Waals surface area (Å²) in [5.74, 6) is 5.48. The van der Waals surface area contributed by atoms with Crippen molar-refractivity contribution in [1.82, 2.24) is 0 Å². The normalized spacial score (nSPS) is 13.6. The van der Waals surface area contributed by atoms with Gasteiger partial charge in [0.2, 0.25) is 5.79 Å². The van der Waals surface area contributed by atoms with E-state index >= 15 is 0 Å². The van der Waals surface area contributed by atoms with Gasteiger partial charge in [0.05, 0.1) is 12.7 Å². The molecule has 1 aromatic heterocycles. The van der Waals surface area contributed by atoms with Gasteiger partial charge in [-0.1, -0.05) is 41.6 Å². The molecule has 7 nitrogen and oxygen atoms in total. The number of cyclic esters (lactones) is 1. The molecular weight excluding hydrogens is 496 g/mol. The van der Waals surface area contributed by atoms with Crippen molar-refractivity contribution in [1.29, 1.82) is 0 Å². The first kappa shape index (κ1) is 24.3. The SMILES string of the molecule is COC(=O)COc1cccc(-c2oc3cc4c(cc3c2C#Cc2cccc(Cl)c2)C(=O)OC(C)(C)O4)c1. The van der Waals surface area contributed by atoms with Crippen LogP contribution in [0.1, 0.15) is 35.3 Å². The van der Waals surface area contributed by atoms with E-state index < -0.39 is 17.7 Å². The molecule has 0 unspecified atom stereocenters. The number of hydrogen-bond donors (Lipinski definition) is 0. The highest BCUT2D eigenvalue weighted by Crippen LogP contribution is 2.40. The molecular formula is C29H21ClO7. The quantitative estimate of drug-likeness (QED) is 0.243. The number of halogens is 1. The van der Waals surface area contributed by atoms with E-state index in [1.807, 2.05) is 18.2 Å². The molecule has 186 valence electrons. The van der Waals surface area contributed by atoms with Crippen molar-refractivity contribution in [2.45, 2.75) is 19.6 Å². The predicted molar refractivity (Wildman–Crippen MR) is 137 cm³/mol. The number of hydrogen-bond acceptors (Lipinski definition) is 7. The lowest BCUT2D eigenvalue weighted by molar-refractivity contribution is -0.142. The Balaban J connectivity index is 1.66. The molecule has 0 spiro atoms. The van der Waals surface area contributed by atoms with Crippen LogP contribution in [0.15, 0.2) is 65.1 Å². The number of furan rings is 1. The molecule has 0 atom stereocenters. The second-order valence-corrected chi connectivity index (χ2v) is 9.13. The standard InChI is InChI=1S/C29H21ClO7/c1-29(2)36-25-15-24-22(14-23(25)28(32)37-29)21(11-10-17-6-4-8-19(30)12-17)27(35-24)18-7-5-9-20(13-18)34-16-26(31)33-3/h4-9,12-15H,16H2,1-3H3. The molecule has 2 heterocycles. The fraction of sp³-hybridized carbons (Fsp3) is 0.172. The zero-order valence-corrected chi connectivity index (χ0v) is 21.0. The maximum absolute atomic E-state index is 12.7. The van der Waals surface area contributed by atoms with E-state index in [-0.39, 0.29) is 12.2 Å². The van der Waals surface area contributed by atoms with Crippen molar-refractivity contribution in [3.8, 4) is 34.7 Å². The average molecular weight is 517 g/mol. The number of ether oxygens (including phenoxy) is 4. The van der Waals surface area contributed by atoms with Crippen molar-refractivity contribution in [3.63, 3.8) is 0 Å².